The maximum atomic E-state index is 12.4. The summed E-state index contributed by atoms with van der Waals surface area (Å²) in [5.74, 6) is -0.398. The second kappa shape index (κ2) is 8.97. The molecule has 0 aliphatic rings. The van der Waals surface area contributed by atoms with Crippen LogP contribution in [0.5, 0.6) is 5.75 Å². The lowest BCUT2D eigenvalue weighted by Crippen LogP contribution is -2.30. The van der Waals surface area contributed by atoms with Gasteiger partial charge < -0.3 is 10.1 Å². The number of carbonyl (C=O) groups is 1. The fourth-order valence-corrected chi connectivity index (χ4v) is 2.82. The van der Waals surface area contributed by atoms with Gasteiger partial charge in [-0.05, 0) is 40.2 Å². The number of anilines is 3. The predicted octanol–water partition coefficient (Wildman–Crippen LogP) is 3.66. The highest BCUT2D eigenvalue weighted by molar-refractivity contribution is 9.10. The van der Waals surface area contributed by atoms with E-state index in [0.29, 0.717) is 15.9 Å². The summed E-state index contributed by atoms with van der Waals surface area (Å²) in [5.41, 5.74) is 5.28. The van der Waals surface area contributed by atoms with Crippen LogP contribution >= 0.6 is 15.9 Å². The number of hydrazine groups is 1. The summed E-state index contributed by atoms with van der Waals surface area (Å²) in [7, 11) is 1.44. The quantitative estimate of drug-likeness (QED) is 0.361. The Morgan fingerprint density at radius 3 is 2.52 bits per heavy atom. The van der Waals surface area contributed by atoms with Crippen LogP contribution in [0, 0.1) is 10.1 Å². The Bertz CT molecular complexity index is 1060. The van der Waals surface area contributed by atoms with Gasteiger partial charge in [-0.25, -0.2) is 9.97 Å². The molecule has 0 aliphatic carbocycles. The number of benzene rings is 2. The molecule has 11 heteroatoms. The molecule has 1 heterocycles. The van der Waals surface area contributed by atoms with Crippen LogP contribution in [0.15, 0.2) is 59.3 Å². The molecule has 0 fully saturated rings. The van der Waals surface area contributed by atoms with E-state index < -0.39 is 16.5 Å². The van der Waals surface area contributed by atoms with Gasteiger partial charge in [0.2, 0.25) is 11.6 Å². The average molecular weight is 459 g/mol. The number of ether oxygens (including phenoxy) is 1. The van der Waals surface area contributed by atoms with Gasteiger partial charge in [0, 0.05) is 4.47 Å². The minimum Gasteiger partial charge on any atom is -0.496 e. The number of aromatic nitrogens is 2. The van der Waals surface area contributed by atoms with Crippen LogP contribution in [0.25, 0.3) is 0 Å². The Morgan fingerprint density at radius 2 is 1.79 bits per heavy atom. The van der Waals surface area contributed by atoms with E-state index in [1.807, 2.05) is 6.07 Å². The summed E-state index contributed by atoms with van der Waals surface area (Å²) < 4.78 is 5.84. The number of hydrogen-bond donors (Lipinski definition) is 3. The van der Waals surface area contributed by atoms with Gasteiger partial charge in [-0.1, -0.05) is 24.3 Å². The Balaban J connectivity index is 1.85. The van der Waals surface area contributed by atoms with Crippen molar-refractivity contribution in [1.82, 2.24) is 15.4 Å². The fourth-order valence-electron chi connectivity index (χ4n) is 2.44. The van der Waals surface area contributed by atoms with E-state index in [4.69, 9.17) is 4.74 Å². The molecule has 1 aromatic heterocycles. The lowest BCUT2D eigenvalue weighted by molar-refractivity contribution is -0.383. The normalized spacial score (nSPS) is 10.1. The van der Waals surface area contributed by atoms with Gasteiger partial charge in [0.1, 0.15) is 12.1 Å². The first-order valence-electron chi connectivity index (χ1n) is 8.21. The third-order valence-electron chi connectivity index (χ3n) is 3.78. The van der Waals surface area contributed by atoms with Gasteiger partial charge in [0.05, 0.1) is 23.3 Å². The third kappa shape index (κ3) is 4.58. The number of methoxy groups -OCH3 is 1. The molecule has 1 amide bonds. The van der Waals surface area contributed by atoms with Crippen LogP contribution in [0.2, 0.25) is 0 Å². The second-order valence-electron chi connectivity index (χ2n) is 5.56. The molecule has 0 bridgehead atoms. The highest BCUT2D eigenvalue weighted by atomic mass is 79.9. The zero-order valence-corrected chi connectivity index (χ0v) is 16.6. The number of rotatable bonds is 7. The van der Waals surface area contributed by atoms with Crippen molar-refractivity contribution < 1.29 is 14.5 Å². The number of nitro groups is 1. The number of amides is 1. The van der Waals surface area contributed by atoms with Crippen molar-refractivity contribution in [2.24, 2.45) is 0 Å². The van der Waals surface area contributed by atoms with Gasteiger partial charge >= 0.3 is 5.69 Å². The SMILES string of the molecule is COc1ccccc1C(=O)NNc1ncnc(Nc2ccccc2Br)c1[N+](=O)[O-]. The van der Waals surface area contributed by atoms with Crippen LogP contribution in [-0.2, 0) is 0 Å². The number of para-hydroxylation sites is 2. The van der Waals surface area contributed by atoms with E-state index in [9.17, 15) is 14.9 Å². The summed E-state index contributed by atoms with van der Waals surface area (Å²) in [6.45, 7) is 0. The van der Waals surface area contributed by atoms with Crippen molar-refractivity contribution in [1.29, 1.82) is 0 Å². The molecule has 3 N–H and O–H groups in total. The van der Waals surface area contributed by atoms with Crippen molar-refractivity contribution in [2.45, 2.75) is 0 Å². The summed E-state index contributed by atoms with van der Waals surface area (Å²) in [6.07, 6.45) is 1.14. The summed E-state index contributed by atoms with van der Waals surface area (Å²) in [4.78, 5) is 31.2. The molecule has 3 aromatic rings. The van der Waals surface area contributed by atoms with Gasteiger partial charge in [-0.2, -0.15) is 0 Å². The third-order valence-corrected chi connectivity index (χ3v) is 4.47. The topological polar surface area (TPSA) is 131 Å². The summed E-state index contributed by atoms with van der Waals surface area (Å²) in [6, 6.07) is 13.7. The molecule has 29 heavy (non-hydrogen) atoms. The molecule has 0 radical (unpaired) electrons. The predicted molar refractivity (Wildman–Crippen MR) is 110 cm³/mol. The number of nitrogens with zero attached hydrogens (tertiary/aromatic N) is 3. The minimum absolute atomic E-state index is 0.0362. The second-order valence-corrected chi connectivity index (χ2v) is 6.42. The number of hydrogen-bond acceptors (Lipinski definition) is 8. The van der Waals surface area contributed by atoms with Crippen molar-refractivity contribution in [2.75, 3.05) is 17.9 Å². The molecule has 148 valence electrons. The van der Waals surface area contributed by atoms with E-state index in [2.05, 4.69) is 42.1 Å². The monoisotopic (exact) mass is 458 g/mol. The van der Waals surface area contributed by atoms with Crippen molar-refractivity contribution in [3.63, 3.8) is 0 Å². The molecule has 2 aromatic carbocycles. The van der Waals surface area contributed by atoms with Gasteiger partial charge in [0.25, 0.3) is 5.91 Å². The van der Waals surface area contributed by atoms with Crippen LogP contribution in [0.1, 0.15) is 10.4 Å². The standard InChI is InChI=1S/C18H15BrN6O4/c1-29-14-9-5-2-6-11(14)18(26)24-23-17-15(25(27)28)16(20-10-21-17)22-13-8-4-3-7-12(13)19/h2-10H,1H3,(H,24,26)(H2,20,21,22,23). The maximum absolute atomic E-state index is 12.4. The minimum atomic E-state index is -0.642. The molecule has 10 nitrogen and oxygen atoms in total. The van der Waals surface area contributed by atoms with Crippen molar-refractivity contribution in [3.8, 4) is 5.75 Å². The van der Waals surface area contributed by atoms with E-state index in [1.165, 1.54) is 7.11 Å². The van der Waals surface area contributed by atoms with Crippen LogP contribution in [0.4, 0.5) is 23.0 Å². The highest BCUT2D eigenvalue weighted by Crippen LogP contribution is 2.33. The average Bonchev–Trinajstić information content (AvgIpc) is 2.73. The fraction of sp³-hybridized carbons (Fsp3) is 0.0556. The van der Waals surface area contributed by atoms with E-state index >= 15 is 0 Å². The first kappa shape index (κ1) is 20.0. The molecule has 0 atom stereocenters. The van der Waals surface area contributed by atoms with E-state index in [0.717, 1.165) is 6.33 Å². The molecule has 0 aliphatic heterocycles. The highest BCUT2D eigenvalue weighted by Gasteiger charge is 2.24. The van der Waals surface area contributed by atoms with Crippen LogP contribution in [-0.4, -0.2) is 27.9 Å². The Hall–Kier alpha value is -3.73. The maximum Gasteiger partial charge on any atom is 0.355 e. The molecule has 3 rings (SSSR count). The first-order valence-corrected chi connectivity index (χ1v) is 9.01. The van der Waals surface area contributed by atoms with Crippen molar-refractivity contribution >= 4 is 44.8 Å². The number of halogens is 1. The van der Waals surface area contributed by atoms with Gasteiger partial charge in [-0.15, -0.1) is 0 Å². The van der Waals surface area contributed by atoms with Crippen molar-refractivity contribution in [3.05, 3.63) is 75.0 Å². The number of nitrogens with one attached hydrogen (secondary N) is 3. The molecule has 0 saturated carbocycles. The molecular formula is C18H15BrN6O4. The first-order chi connectivity index (χ1) is 14.0. The van der Waals surface area contributed by atoms with E-state index in [1.54, 1.807) is 42.5 Å². The van der Waals surface area contributed by atoms with Crippen LogP contribution < -0.4 is 20.9 Å². The Morgan fingerprint density at radius 1 is 1.10 bits per heavy atom. The number of carbonyl (C=O) groups excluding carboxylic acids is 1. The zero-order valence-electron chi connectivity index (χ0n) is 15.0. The molecule has 0 saturated heterocycles. The Kier molecular flexibility index (Phi) is 6.19. The lowest BCUT2D eigenvalue weighted by atomic mass is 10.2. The molecule has 0 unspecified atom stereocenters. The summed E-state index contributed by atoms with van der Waals surface area (Å²) in [5, 5.41) is 14.5. The smallest absolute Gasteiger partial charge is 0.355 e. The van der Waals surface area contributed by atoms with Gasteiger partial charge in [0.15, 0.2) is 0 Å². The van der Waals surface area contributed by atoms with Gasteiger partial charge in [-0.3, -0.25) is 25.8 Å². The summed E-state index contributed by atoms with van der Waals surface area (Å²) >= 11 is 3.36. The van der Waals surface area contributed by atoms with Crippen LogP contribution in [0.3, 0.4) is 0 Å². The Labute approximate surface area is 173 Å². The largest absolute Gasteiger partial charge is 0.496 e. The van der Waals surface area contributed by atoms with E-state index in [-0.39, 0.29) is 17.2 Å². The lowest BCUT2D eigenvalue weighted by Gasteiger charge is -2.12. The molecular weight excluding hydrogens is 444 g/mol. The molecule has 0 spiro atoms. The zero-order chi connectivity index (χ0) is 20.8.